The van der Waals surface area contributed by atoms with Crippen LogP contribution in [0.1, 0.15) is 34.5 Å². The molecule has 5 heteroatoms. The summed E-state index contributed by atoms with van der Waals surface area (Å²) in [6.07, 6.45) is 6.03. The lowest BCUT2D eigenvalue weighted by atomic mass is 10.0. The second-order valence-corrected chi connectivity index (χ2v) is 6.95. The first-order valence-corrected chi connectivity index (χ1v) is 9.00. The molecule has 0 radical (unpaired) electrons. The van der Waals surface area contributed by atoms with Crippen molar-refractivity contribution in [1.82, 2.24) is 14.3 Å². The number of ether oxygens (including phenoxy) is 1. The van der Waals surface area contributed by atoms with Gasteiger partial charge >= 0.3 is 0 Å². The number of amides is 1. The molecule has 1 aromatic carbocycles. The third-order valence-electron chi connectivity index (χ3n) is 5.06. The molecule has 3 heterocycles. The van der Waals surface area contributed by atoms with Crippen molar-refractivity contribution in [1.29, 1.82) is 0 Å². The van der Waals surface area contributed by atoms with Crippen LogP contribution in [-0.4, -0.2) is 40.4 Å². The molecule has 5 nitrogen and oxygen atoms in total. The van der Waals surface area contributed by atoms with Gasteiger partial charge in [-0.25, -0.2) is 4.98 Å². The monoisotopic (exact) mass is 349 g/mol. The summed E-state index contributed by atoms with van der Waals surface area (Å²) in [4.78, 5) is 19.0. The van der Waals surface area contributed by atoms with Gasteiger partial charge < -0.3 is 14.0 Å². The van der Waals surface area contributed by atoms with E-state index in [9.17, 15) is 4.79 Å². The number of hydrogen-bond acceptors (Lipinski definition) is 3. The van der Waals surface area contributed by atoms with Gasteiger partial charge in [-0.2, -0.15) is 0 Å². The maximum atomic E-state index is 12.6. The number of hydrogen-bond donors (Lipinski definition) is 0. The van der Waals surface area contributed by atoms with Crippen LogP contribution in [0.3, 0.4) is 0 Å². The molecule has 0 atom stereocenters. The first-order chi connectivity index (χ1) is 12.6. The summed E-state index contributed by atoms with van der Waals surface area (Å²) >= 11 is 0. The van der Waals surface area contributed by atoms with Gasteiger partial charge in [0.15, 0.2) is 0 Å². The molecule has 1 aliphatic heterocycles. The second kappa shape index (κ2) is 6.48. The molecule has 134 valence electrons. The molecule has 1 amide bonds. The Balaban J connectivity index is 1.71. The molecule has 26 heavy (non-hydrogen) atoms. The largest absolute Gasteiger partial charge is 0.496 e. The van der Waals surface area contributed by atoms with Crippen LogP contribution in [0, 0.1) is 13.8 Å². The van der Waals surface area contributed by atoms with Crippen molar-refractivity contribution in [2.75, 3.05) is 20.2 Å². The zero-order chi connectivity index (χ0) is 18.3. The first-order valence-electron chi connectivity index (χ1n) is 9.00. The molecule has 0 spiro atoms. The Morgan fingerprint density at radius 1 is 1.04 bits per heavy atom. The van der Waals surface area contributed by atoms with E-state index in [0.29, 0.717) is 5.69 Å². The van der Waals surface area contributed by atoms with E-state index in [1.165, 1.54) is 0 Å². The van der Waals surface area contributed by atoms with E-state index < -0.39 is 0 Å². The van der Waals surface area contributed by atoms with Crippen LogP contribution in [0.15, 0.2) is 36.7 Å². The minimum atomic E-state index is 0.0314. The molecular formula is C21H23N3O2. The molecule has 1 saturated heterocycles. The number of benzene rings is 1. The fourth-order valence-electron chi connectivity index (χ4n) is 3.79. The molecule has 1 aliphatic rings. The fourth-order valence-corrected chi connectivity index (χ4v) is 3.79. The SMILES string of the molecule is COc1c(C)cc(-c2ccc3nc(C(=O)N4CCCC4)cn3c2)cc1C. The van der Waals surface area contributed by atoms with Crippen molar-refractivity contribution in [3.63, 3.8) is 0 Å². The Morgan fingerprint density at radius 3 is 2.38 bits per heavy atom. The summed E-state index contributed by atoms with van der Waals surface area (Å²) in [6, 6.07) is 8.26. The Morgan fingerprint density at radius 2 is 1.73 bits per heavy atom. The van der Waals surface area contributed by atoms with Crippen molar-refractivity contribution < 1.29 is 9.53 Å². The van der Waals surface area contributed by atoms with E-state index in [1.807, 2.05) is 33.8 Å². The highest BCUT2D eigenvalue weighted by molar-refractivity contribution is 5.93. The maximum Gasteiger partial charge on any atom is 0.274 e. The lowest BCUT2D eigenvalue weighted by molar-refractivity contribution is 0.0787. The van der Waals surface area contributed by atoms with Gasteiger partial charge in [-0.15, -0.1) is 0 Å². The number of carbonyl (C=O) groups excluding carboxylic acids is 1. The van der Waals surface area contributed by atoms with Crippen molar-refractivity contribution in [2.45, 2.75) is 26.7 Å². The Labute approximate surface area is 153 Å². The number of aromatic nitrogens is 2. The van der Waals surface area contributed by atoms with Gasteiger partial charge in [-0.05, 0) is 73.2 Å². The number of likely N-dealkylation sites (tertiary alicyclic amines) is 1. The predicted molar refractivity (Wildman–Crippen MR) is 102 cm³/mol. The van der Waals surface area contributed by atoms with Crippen LogP contribution in [0.5, 0.6) is 5.75 Å². The molecule has 3 aromatic rings. The summed E-state index contributed by atoms with van der Waals surface area (Å²) in [6.45, 7) is 5.78. The van der Waals surface area contributed by atoms with E-state index in [4.69, 9.17) is 4.74 Å². The number of rotatable bonds is 3. The summed E-state index contributed by atoms with van der Waals surface area (Å²) in [5, 5.41) is 0. The zero-order valence-corrected chi connectivity index (χ0v) is 15.5. The summed E-state index contributed by atoms with van der Waals surface area (Å²) in [5.74, 6) is 0.958. The second-order valence-electron chi connectivity index (χ2n) is 6.95. The molecule has 0 bridgehead atoms. The minimum Gasteiger partial charge on any atom is -0.496 e. The smallest absolute Gasteiger partial charge is 0.274 e. The summed E-state index contributed by atoms with van der Waals surface area (Å²) in [5.41, 5.74) is 5.74. The maximum absolute atomic E-state index is 12.6. The highest BCUT2D eigenvalue weighted by Gasteiger charge is 2.21. The van der Waals surface area contributed by atoms with Crippen LogP contribution < -0.4 is 4.74 Å². The van der Waals surface area contributed by atoms with Crippen LogP contribution in [0.2, 0.25) is 0 Å². The highest BCUT2D eigenvalue weighted by Crippen LogP contribution is 2.30. The topological polar surface area (TPSA) is 46.8 Å². The van der Waals surface area contributed by atoms with Gasteiger partial charge in [0.25, 0.3) is 5.91 Å². The number of imidazole rings is 1. The minimum absolute atomic E-state index is 0.0314. The third-order valence-corrected chi connectivity index (χ3v) is 5.06. The summed E-state index contributed by atoms with van der Waals surface area (Å²) in [7, 11) is 1.70. The van der Waals surface area contributed by atoms with Crippen molar-refractivity contribution in [3.05, 3.63) is 53.5 Å². The van der Waals surface area contributed by atoms with Crippen LogP contribution in [-0.2, 0) is 0 Å². The normalized spacial score (nSPS) is 14.2. The van der Waals surface area contributed by atoms with E-state index in [2.05, 4.69) is 31.0 Å². The third kappa shape index (κ3) is 2.83. The van der Waals surface area contributed by atoms with Gasteiger partial charge in [0.05, 0.1) is 7.11 Å². The molecule has 0 aliphatic carbocycles. The number of fused-ring (bicyclic) bond motifs is 1. The summed E-state index contributed by atoms with van der Waals surface area (Å²) < 4.78 is 7.40. The molecule has 1 fully saturated rings. The van der Waals surface area contributed by atoms with Crippen LogP contribution >= 0.6 is 0 Å². The van der Waals surface area contributed by atoms with Gasteiger partial charge in [-0.1, -0.05) is 0 Å². The van der Waals surface area contributed by atoms with E-state index >= 15 is 0 Å². The van der Waals surface area contributed by atoms with E-state index in [0.717, 1.165) is 59.6 Å². The van der Waals surface area contributed by atoms with Gasteiger partial charge in [0.2, 0.25) is 0 Å². The molecule has 2 aromatic heterocycles. The molecular weight excluding hydrogens is 326 g/mol. The van der Waals surface area contributed by atoms with Crippen molar-refractivity contribution >= 4 is 11.6 Å². The van der Waals surface area contributed by atoms with E-state index in [1.54, 1.807) is 7.11 Å². The molecule has 0 unspecified atom stereocenters. The number of carbonyl (C=O) groups is 1. The van der Waals surface area contributed by atoms with Gasteiger partial charge in [0.1, 0.15) is 17.1 Å². The molecule has 0 N–H and O–H groups in total. The average molecular weight is 349 g/mol. The first kappa shape index (κ1) is 16.6. The number of pyridine rings is 1. The number of methoxy groups -OCH3 is 1. The lowest BCUT2D eigenvalue weighted by Gasteiger charge is -2.12. The molecule has 4 rings (SSSR count). The Bertz CT molecular complexity index is 961. The van der Waals surface area contributed by atoms with Gasteiger partial charge in [0, 0.05) is 25.5 Å². The zero-order valence-electron chi connectivity index (χ0n) is 15.5. The average Bonchev–Trinajstić information content (AvgIpc) is 3.29. The van der Waals surface area contributed by atoms with Crippen molar-refractivity contribution in [2.24, 2.45) is 0 Å². The van der Waals surface area contributed by atoms with E-state index in [-0.39, 0.29) is 5.91 Å². The predicted octanol–water partition coefficient (Wildman–Crippen LogP) is 3.86. The Kier molecular flexibility index (Phi) is 4.15. The standard InChI is InChI=1S/C21H23N3O2/c1-14-10-17(11-15(2)20(14)26-3)16-6-7-19-22-18(13-24(19)12-16)21(25)23-8-4-5-9-23/h6-7,10-13H,4-5,8-9H2,1-3H3. The Hall–Kier alpha value is -2.82. The van der Waals surface area contributed by atoms with Gasteiger partial charge in [-0.3, -0.25) is 4.79 Å². The van der Waals surface area contributed by atoms with Crippen LogP contribution in [0.25, 0.3) is 16.8 Å². The van der Waals surface area contributed by atoms with Crippen molar-refractivity contribution in [3.8, 4) is 16.9 Å². The highest BCUT2D eigenvalue weighted by atomic mass is 16.5. The van der Waals surface area contributed by atoms with Crippen LogP contribution in [0.4, 0.5) is 0 Å². The number of aryl methyl sites for hydroxylation is 2. The quantitative estimate of drug-likeness (QED) is 0.721. The molecule has 0 saturated carbocycles. The fraction of sp³-hybridized carbons (Fsp3) is 0.333. The number of nitrogens with zero attached hydrogens (tertiary/aromatic N) is 3. The lowest BCUT2D eigenvalue weighted by Crippen LogP contribution is -2.27.